The highest BCUT2D eigenvalue weighted by atomic mass is 35.5. The molecule has 2 amide bonds. The van der Waals surface area contributed by atoms with Gasteiger partial charge in [-0.25, -0.2) is 0 Å². The van der Waals surface area contributed by atoms with E-state index in [1.165, 1.54) is 0 Å². The molecular weight excluding hydrogens is 475 g/mol. The van der Waals surface area contributed by atoms with Gasteiger partial charge in [-0.2, -0.15) is 0 Å². The lowest BCUT2D eigenvalue weighted by molar-refractivity contribution is -0.141. The van der Waals surface area contributed by atoms with Crippen molar-refractivity contribution in [1.82, 2.24) is 10.2 Å². The molecule has 0 fully saturated rings. The SMILES string of the molecule is CCCNC(=O)[C@@H](CC)N(Cc1c(Cl)cccc1Cl)C(=O)CCSc1ccc(Cl)cc1. The predicted octanol–water partition coefficient (Wildman–Crippen LogP) is 6.46. The summed E-state index contributed by atoms with van der Waals surface area (Å²) in [6.45, 7) is 4.63. The molecule has 0 aliphatic carbocycles. The van der Waals surface area contributed by atoms with Crippen LogP contribution in [0.25, 0.3) is 0 Å². The van der Waals surface area contributed by atoms with Gasteiger partial charge in [0.15, 0.2) is 0 Å². The van der Waals surface area contributed by atoms with Crippen LogP contribution < -0.4 is 5.32 Å². The lowest BCUT2D eigenvalue weighted by Crippen LogP contribution is -2.49. The van der Waals surface area contributed by atoms with Crippen molar-refractivity contribution < 1.29 is 9.59 Å². The number of hydrogen-bond donors (Lipinski definition) is 1. The third-order valence-corrected chi connectivity index (χ3v) is 6.70. The predicted molar refractivity (Wildman–Crippen MR) is 131 cm³/mol. The van der Waals surface area contributed by atoms with Gasteiger partial charge in [0.05, 0.1) is 0 Å². The van der Waals surface area contributed by atoms with Crippen LogP contribution in [0.1, 0.15) is 38.7 Å². The molecule has 2 aromatic carbocycles. The van der Waals surface area contributed by atoms with Crippen LogP contribution in [-0.4, -0.2) is 35.1 Å². The van der Waals surface area contributed by atoms with Crippen molar-refractivity contribution in [2.45, 2.75) is 50.6 Å². The zero-order chi connectivity index (χ0) is 22.8. The number of carbonyl (C=O) groups is 2. The summed E-state index contributed by atoms with van der Waals surface area (Å²) >= 11 is 20.2. The van der Waals surface area contributed by atoms with E-state index < -0.39 is 6.04 Å². The average molecular weight is 502 g/mol. The second-order valence-corrected chi connectivity index (χ2v) is 9.41. The Labute approximate surface area is 203 Å². The first kappa shape index (κ1) is 25.9. The molecular formula is C23H27Cl3N2O2S. The number of hydrogen-bond acceptors (Lipinski definition) is 3. The van der Waals surface area contributed by atoms with E-state index in [0.29, 0.717) is 39.3 Å². The number of benzene rings is 2. The minimum absolute atomic E-state index is 0.115. The highest BCUT2D eigenvalue weighted by molar-refractivity contribution is 7.99. The highest BCUT2D eigenvalue weighted by Crippen LogP contribution is 2.28. The van der Waals surface area contributed by atoms with Gasteiger partial charge in [-0.1, -0.05) is 54.7 Å². The summed E-state index contributed by atoms with van der Waals surface area (Å²) in [5.74, 6) is 0.308. The quantitative estimate of drug-likeness (QED) is 0.359. The van der Waals surface area contributed by atoms with E-state index in [1.54, 1.807) is 34.9 Å². The smallest absolute Gasteiger partial charge is 0.242 e. The van der Waals surface area contributed by atoms with Gasteiger partial charge in [0.25, 0.3) is 0 Å². The molecule has 8 heteroatoms. The van der Waals surface area contributed by atoms with Crippen LogP contribution in [0.2, 0.25) is 15.1 Å². The minimum Gasteiger partial charge on any atom is -0.354 e. The Morgan fingerprint density at radius 2 is 1.68 bits per heavy atom. The van der Waals surface area contributed by atoms with Gasteiger partial charge in [-0.3, -0.25) is 9.59 Å². The molecule has 0 unspecified atom stereocenters. The summed E-state index contributed by atoms with van der Waals surface area (Å²) in [6.07, 6.45) is 1.60. The number of amides is 2. The molecule has 0 saturated heterocycles. The van der Waals surface area contributed by atoms with E-state index in [4.69, 9.17) is 34.8 Å². The molecule has 0 radical (unpaired) electrons. The van der Waals surface area contributed by atoms with Crippen molar-refractivity contribution in [3.63, 3.8) is 0 Å². The number of thioether (sulfide) groups is 1. The van der Waals surface area contributed by atoms with Crippen LogP contribution >= 0.6 is 46.6 Å². The summed E-state index contributed by atoms with van der Waals surface area (Å²) in [6, 6.07) is 12.1. The number of nitrogens with zero attached hydrogens (tertiary/aromatic N) is 1. The molecule has 4 nitrogen and oxygen atoms in total. The van der Waals surface area contributed by atoms with Crippen molar-refractivity contribution in [1.29, 1.82) is 0 Å². The Morgan fingerprint density at radius 1 is 1.03 bits per heavy atom. The monoisotopic (exact) mass is 500 g/mol. The molecule has 0 aliphatic rings. The second kappa shape index (κ2) is 13.2. The summed E-state index contributed by atoms with van der Waals surface area (Å²) in [5.41, 5.74) is 0.645. The van der Waals surface area contributed by atoms with Gasteiger partial charge in [-0.05, 0) is 49.2 Å². The third kappa shape index (κ3) is 7.90. The van der Waals surface area contributed by atoms with Crippen molar-refractivity contribution in [2.75, 3.05) is 12.3 Å². The van der Waals surface area contributed by atoms with E-state index in [1.807, 2.05) is 38.1 Å². The number of nitrogens with one attached hydrogen (secondary N) is 1. The fraction of sp³-hybridized carbons (Fsp3) is 0.391. The molecule has 1 atom stereocenters. The number of carbonyl (C=O) groups excluding carboxylic acids is 2. The maximum absolute atomic E-state index is 13.2. The van der Waals surface area contributed by atoms with Gasteiger partial charge in [0.2, 0.25) is 11.8 Å². The summed E-state index contributed by atoms with van der Waals surface area (Å²) in [7, 11) is 0. The lowest BCUT2D eigenvalue weighted by Gasteiger charge is -2.31. The lowest BCUT2D eigenvalue weighted by atomic mass is 10.1. The largest absolute Gasteiger partial charge is 0.354 e. The summed E-state index contributed by atoms with van der Waals surface area (Å²) in [5, 5.41) is 4.53. The van der Waals surface area contributed by atoms with Crippen molar-refractivity contribution in [3.05, 3.63) is 63.1 Å². The van der Waals surface area contributed by atoms with Gasteiger partial charge in [0, 0.05) is 50.8 Å². The topological polar surface area (TPSA) is 49.4 Å². The summed E-state index contributed by atoms with van der Waals surface area (Å²) in [4.78, 5) is 28.6. The standard InChI is InChI=1S/C23H27Cl3N2O2S/c1-3-13-27-23(30)21(4-2)28(15-18-19(25)6-5-7-20(18)26)22(29)12-14-31-17-10-8-16(24)9-11-17/h5-11,21H,3-4,12-15H2,1-2H3,(H,27,30)/t21-/m1/s1. The molecule has 0 spiro atoms. The Kier molecular flexibility index (Phi) is 11.0. The first-order valence-corrected chi connectivity index (χ1v) is 12.4. The Morgan fingerprint density at radius 3 is 2.26 bits per heavy atom. The van der Waals surface area contributed by atoms with E-state index in [2.05, 4.69) is 5.32 Å². The van der Waals surface area contributed by atoms with Gasteiger partial charge < -0.3 is 10.2 Å². The number of rotatable bonds is 11. The fourth-order valence-electron chi connectivity index (χ4n) is 3.07. The van der Waals surface area contributed by atoms with Crippen LogP contribution in [-0.2, 0) is 16.1 Å². The Balaban J connectivity index is 2.17. The molecule has 1 N–H and O–H groups in total. The second-order valence-electron chi connectivity index (χ2n) is 6.99. The van der Waals surface area contributed by atoms with Crippen molar-refractivity contribution >= 4 is 58.4 Å². The van der Waals surface area contributed by atoms with Crippen LogP contribution in [0, 0.1) is 0 Å². The van der Waals surface area contributed by atoms with E-state index in [-0.39, 0.29) is 24.8 Å². The average Bonchev–Trinajstić information content (AvgIpc) is 2.75. The fourth-order valence-corrected chi connectivity index (χ4v) is 4.55. The van der Waals surface area contributed by atoms with Crippen molar-refractivity contribution in [2.24, 2.45) is 0 Å². The van der Waals surface area contributed by atoms with E-state index >= 15 is 0 Å². The molecule has 2 rings (SSSR count). The maximum atomic E-state index is 13.2. The first-order chi connectivity index (χ1) is 14.9. The van der Waals surface area contributed by atoms with Gasteiger partial charge >= 0.3 is 0 Å². The molecule has 0 saturated carbocycles. The molecule has 0 aliphatic heterocycles. The van der Waals surface area contributed by atoms with Crippen LogP contribution in [0.3, 0.4) is 0 Å². The molecule has 168 valence electrons. The number of halogens is 3. The molecule has 31 heavy (non-hydrogen) atoms. The molecule has 0 aromatic heterocycles. The van der Waals surface area contributed by atoms with Crippen molar-refractivity contribution in [3.8, 4) is 0 Å². The molecule has 2 aromatic rings. The minimum atomic E-state index is -0.591. The van der Waals surface area contributed by atoms with E-state index in [9.17, 15) is 9.59 Å². The summed E-state index contributed by atoms with van der Waals surface area (Å²) < 4.78 is 0. The first-order valence-electron chi connectivity index (χ1n) is 10.3. The Bertz CT molecular complexity index is 857. The highest BCUT2D eigenvalue weighted by Gasteiger charge is 2.29. The zero-order valence-corrected chi connectivity index (χ0v) is 20.8. The zero-order valence-electron chi connectivity index (χ0n) is 17.7. The van der Waals surface area contributed by atoms with Crippen LogP contribution in [0.15, 0.2) is 47.4 Å². The third-order valence-electron chi connectivity index (χ3n) is 4.72. The maximum Gasteiger partial charge on any atom is 0.242 e. The van der Waals surface area contributed by atoms with Crippen LogP contribution in [0.4, 0.5) is 0 Å². The van der Waals surface area contributed by atoms with Crippen LogP contribution in [0.5, 0.6) is 0 Å². The molecule has 0 heterocycles. The normalized spacial score (nSPS) is 11.8. The Hall–Kier alpha value is -1.40. The van der Waals surface area contributed by atoms with Gasteiger partial charge in [-0.15, -0.1) is 11.8 Å². The van der Waals surface area contributed by atoms with E-state index in [0.717, 1.165) is 11.3 Å². The molecule has 0 bridgehead atoms. The van der Waals surface area contributed by atoms with Gasteiger partial charge in [0.1, 0.15) is 6.04 Å².